The Kier molecular flexibility index (Phi) is 9.16. The van der Waals surface area contributed by atoms with Gasteiger partial charge in [-0.05, 0) is 65.0 Å². The number of esters is 1. The highest BCUT2D eigenvalue weighted by molar-refractivity contribution is 7.89. The van der Waals surface area contributed by atoms with E-state index in [0.717, 1.165) is 8.99 Å². The molecule has 0 unspecified atom stereocenters. The van der Waals surface area contributed by atoms with Gasteiger partial charge in [-0.15, -0.1) is 0 Å². The number of amides is 1. The monoisotopic (exact) mass is 730 g/mol. The minimum Gasteiger partial charge on any atom is -0.460 e. The van der Waals surface area contributed by atoms with Gasteiger partial charge in [-0.25, -0.2) is 13.1 Å². The summed E-state index contributed by atoms with van der Waals surface area (Å²) in [7, 11) is -2.76. The molecule has 0 atom stereocenters. The van der Waals surface area contributed by atoms with Crippen LogP contribution in [-0.2, 0) is 45.2 Å². The molecule has 17 heteroatoms. The van der Waals surface area contributed by atoms with Crippen LogP contribution in [0, 0.1) is 13.8 Å². The first-order valence-electron chi connectivity index (χ1n) is 16.1. The molecular formula is C34H37F3N6O7S. The number of carbonyl (C=O) groups is 2. The third-order valence-electron chi connectivity index (χ3n) is 8.54. The molecule has 6 rings (SSSR count). The van der Waals surface area contributed by atoms with E-state index in [0.29, 0.717) is 17.2 Å². The van der Waals surface area contributed by atoms with Crippen LogP contribution in [0.2, 0.25) is 0 Å². The van der Waals surface area contributed by atoms with Crippen molar-refractivity contribution in [1.29, 1.82) is 0 Å². The van der Waals surface area contributed by atoms with E-state index in [-0.39, 0.29) is 71.5 Å². The molecule has 51 heavy (non-hydrogen) atoms. The molecule has 2 aromatic carbocycles. The van der Waals surface area contributed by atoms with E-state index in [4.69, 9.17) is 14.2 Å². The summed E-state index contributed by atoms with van der Waals surface area (Å²) in [6.07, 6.45) is -5.04. The Balaban J connectivity index is 1.27. The number of rotatable bonds is 8. The van der Waals surface area contributed by atoms with Gasteiger partial charge in [0, 0.05) is 49.4 Å². The number of benzene rings is 2. The first kappa shape index (κ1) is 35.9. The van der Waals surface area contributed by atoms with E-state index in [2.05, 4.69) is 10.2 Å². The summed E-state index contributed by atoms with van der Waals surface area (Å²) >= 11 is 0. The van der Waals surface area contributed by atoms with Crippen molar-refractivity contribution < 1.29 is 45.4 Å². The third kappa shape index (κ3) is 7.04. The van der Waals surface area contributed by atoms with Gasteiger partial charge in [0.25, 0.3) is 5.91 Å². The number of fused-ring (bicyclic) bond motifs is 2. The first-order chi connectivity index (χ1) is 23.8. The van der Waals surface area contributed by atoms with Crippen LogP contribution < -0.4 is 14.4 Å². The van der Waals surface area contributed by atoms with Crippen molar-refractivity contribution >= 4 is 27.6 Å². The van der Waals surface area contributed by atoms with Gasteiger partial charge in [0.15, 0.2) is 17.2 Å². The molecule has 4 aromatic rings. The van der Waals surface area contributed by atoms with Crippen molar-refractivity contribution in [1.82, 2.24) is 23.9 Å². The summed E-state index contributed by atoms with van der Waals surface area (Å²) in [6.45, 7) is 7.64. The van der Waals surface area contributed by atoms with Gasteiger partial charge in [-0.2, -0.15) is 27.7 Å². The zero-order valence-electron chi connectivity index (χ0n) is 28.9. The molecule has 0 saturated carbocycles. The van der Waals surface area contributed by atoms with E-state index in [1.54, 1.807) is 58.2 Å². The highest BCUT2D eigenvalue weighted by atomic mass is 32.2. The molecule has 13 nitrogen and oxygen atoms in total. The van der Waals surface area contributed by atoms with Crippen molar-refractivity contribution in [2.45, 2.75) is 77.2 Å². The van der Waals surface area contributed by atoms with Gasteiger partial charge in [0.2, 0.25) is 16.8 Å². The smallest absolute Gasteiger partial charge is 0.435 e. The predicted molar refractivity (Wildman–Crippen MR) is 177 cm³/mol. The number of halogens is 3. The average molecular weight is 731 g/mol. The number of nitrogens with zero attached hydrogens (tertiary/aromatic N) is 6. The maximum absolute atomic E-state index is 14.5. The predicted octanol–water partition coefficient (Wildman–Crippen LogP) is 5.19. The lowest BCUT2D eigenvalue weighted by atomic mass is 10.1. The molecule has 2 aromatic heterocycles. The summed E-state index contributed by atoms with van der Waals surface area (Å²) in [5.74, 6) is 0.124. The largest absolute Gasteiger partial charge is 0.460 e. The quantitative estimate of drug-likeness (QED) is 0.224. The molecule has 0 aliphatic carbocycles. The van der Waals surface area contributed by atoms with Crippen LogP contribution in [0.1, 0.15) is 65.9 Å². The standard InChI is InChI=1S/C34H37F3N6O7S/c1-20-30(21(2)42(38-20)15-13-29(44)50-33(3,4)5)51(46,47)41-14-12-26-25(18-41)31(34(35,36)37)39-43(26)24-9-7-8-22(16-24)32(45)40(6)23-10-11-27-28(17-23)49-19-48-27/h7-11,16-17H,12-15,18-19H2,1-6H3. The molecule has 0 bridgehead atoms. The van der Waals surface area contributed by atoms with Crippen molar-refractivity contribution in [2.75, 3.05) is 25.3 Å². The number of aryl methyl sites for hydroxylation is 2. The van der Waals surface area contributed by atoms with Crippen LogP contribution in [-0.4, -0.2) is 70.1 Å². The van der Waals surface area contributed by atoms with E-state index in [9.17, 15) is 31.2 Å². The van der Waals surface area contributed by atoms with Crippen LogP contribution in [0.15, 0.2) is 47.4 Å². The Hall–Kier alpha value is -4.90. The lowest BCUT2D eigenvalue weighted by Crippen LogP contribution is -2.37. The summed E-state index contributed by atoms with van der Waals surface area (Å²) in [6, 6.07) is 11.1. The number of sulfonamides is 1. The minimum absolute atomic E-state index is 0.0541. The number of aromatic nitrogens is 4. The molecule has 0 saturated heterocycles. The molecule has 0 N–H and O–H groups in total. The fourth-order valence-electron chi connectivity index (χ4n) is 6.21. The van der Waals surface area contributed by atoms with E-state index in [1.165, 1.54) is 35.6 Å². The summed E-state index contributed by atoms with van der Waals surface area (Å²) in [5, 5.41) is 8.24. The fourth-order valence-corrected chi connectivity index (χ4v) is 7.99. The Labute approximate surface area is 292 Å². The van der Waals surface area contributed by atoms with Crippen molar-refractivity contribution in [3.8, 4) is 17.2 Å². The van der Waals surface area contributed by atoms with Crippen LogP contribution in [0.5, 0.6) is 11.5 Å². The number of hydrogen-bond acceptors (Lipinski definition) is 9. The second-order valence-electron chi connectivity index (χ2n) is 13.3. The van der Waals surface area contributed by atoms with Gasteiger partial charge < -0.3 is 19.1 Å². The maximum Gasteiger partial charge on any atom is 0.435 e. The van der Waals surface area contributed by atoms with Crippen molar-refractivity contribution in [3.05, 3.63) is 76.4 Å². The summed E-state index contributed by atoms with van der Waals surface area (Å²) in [4.78, 5) is 27.0. The molecule has 4 heterocycles. The molecule has 1 amide bonds. The van der Waals surface area contributed by atoms with Crippen LogP contribution in [0.3, 0.4) is 0 Å². The lowest BCUT2D eigenvalue weighted by Gasteiger charge is -2.27. The average Bonchev–Trinajstić information content (AvgIpc) is 3.76. The molecule has 2 aliphatic rings. The molecule has 2 aliphatic heterocycles. The number of hydrogen-bond donors (Lipinski definition) is 0. The third-order valence-corrected chi connectivity index (χ3v) is 10.6. The summed E-state index contributed by atoms with van der Waals surface area (Å²) < 4.78 is 90.9. The molecule has 272 valence electrons. The molecule has 0 fully saturated rings. The number of anilines is 1. The Morgan fingerprint density at radius 1 is 1.02 bits per heavy atom. The Morgan fingerprint density at radius 2 is 1.75 bits per heavy atom. The highest BCUT2D eigenvalue weighted by Gasteiger charge is 2.43. The minimum atomic E-state index is -4.90. The number of ether oxygens (including phenoxy) is 3. The zero-order chi connectivity index (χ0) is 37.0. The highest BCUT2D eigenvalue weighted by Crippen LogP contribution is 2.39. The molecular weight excluding hydrogens is 693 g/mol. The Morgan fingerprint density at radius 3 is 2.45 bits per heavy atom. The van der Waals surface area contributed by atoms with Crippen LogP contribution >= 0.6 is 0 Å². The zero-order valence-corrected chi connectivity index (χ0v) is 29.7. The first-order valence-corrected chi connectivity index (χ1v) is 17.5. The number of carbonyl (C=O) groups excluding carboxylic acids is 2. The van der Waals surface area contributed by atoms with E-state index in [1.807, 2.05) is 0 Å². The van der Waals surface area contributed by atoms with Gasteiger partial charge in [-0.1, -0.05) is 6.07 Å². The van der Waals surface area contributed by atoms with E-state index >= 15 is 0 Å². The number of alkyl halides is 3. The van der Waals surface area contributed by atoms with Gasteiger partial charge in [-0.3, -0.25) is 14.3 Å². The second-order valence-corrected chi connectivity index (χ2v) is 15.2. The SMILES string of the molecule is Cc1nn(CCC(=O)OC(C)(C)C)c(C)c1S(=O)(=O)N1CCc2c(c(C(F)(F)F)nn2-c2cccc(C(=O)N(C)c3ccc4c(c3)OCO4)c2)C1. The summed E-state index contributed by atoms with van der Waals surface area (Å²) in [5.41, 5.74) is -0.673. The molecule has 0 spiro atoms. The van der Waals surface area contributed by atoms with Crippen molar-refractivity contribution in [2.24, 2.45) is 0 Å². The second kappa shape index (κ2) is 13.0. The fraction of sp³-hybridized carbons (Fsp3) is 0.412. The normalized spacial score (nSPS) is 14.8. The topological polar surface area (TPSA) is 138 Å². The lowest BCUT2D eigenvalue weighted by molar-refractivity contribution is -0.155. The van der Waals surface area contributed by atoms with Gasteiger partial charge >= 0.3 is 12.1 Å². The van der Waals surface area contributed by atoms with Gasteiger partial charge in [0.1, 0.15) is 10.5 Å². The van der Waals surface area contributed by atoms with Gasteiger partial charge in [0.05, 0.1) is 35.7 Å². The maximum atomic E-state index is 14.5. The molecule has 0 radical (unpaired) electrons. The Bertz CT molecular complexity index is 2140. The van der Waals surface area contributed by atoms with Crippen molar-refractivity contribution in [3.63, 3.8) is 0 Å². The van der Waals surface area contributed by atoms with Crippen LogP contribution in [0.25, 0.3) is 5.69 Å². The van der Waals surface area contributed by atoms with Crippen LogP contribution in [0.4, 0.5) is 18.9 Å². The van der Waals surface area contributed by atoms with E-state index < -0.39 is 45.9 Å².